The Balaban J connectivity index is 2.08. The molecule has 1 fully saturated rings. The van der Waals surface area contributed by atoms with E-state index in [0.29, 0.717) is 12.3 Å². The molecule has 0 saturated carbocycles. The summed E-state index contributed by atoms with van der Waals surface area (Å²) in [6, 6.07) is 0. The van der Waals surface area contributed by atoms with Crippen LogP contribution in [0, 0.1) is 11.3 Å². The predicted molar refractivity (Wildman–Crippen MR) is 79.7 cm³/mol. The van der Waals surface area contributed by atoms with Gasteiger partial charge in [0, 0.05) is 6.42 Å². The third kappa shape index (κ3) is 6.92. The average molecular weight is 269 g/mol. The van der Waals surface area contributed by atoms with Crippen molar-refractivity contribution in [3.63, 3.8) is 0 Å². The second-order valence-corrected chi connectivity index (χ2v) is 6.78. The van der Waals surface area contributed by atoms with Gasteiger partial charge < -0.3 is 16.4 Å². The maximum Gasteiger partial charge on any atom is 0.217 e. The van der Waals surface area contributed by atoms with Gasteiger partial charge in [-0.05, 0) is 63.2 Å². The number of nitrogens with zero attached hydrogens (tertiary/aromatic N) is 1. The Labute approximate surface area is 117 Å². The molecule has 0 bridgehead atoms. The third-order valence-electron chi connectivity index (χ3n) is 4.33. The first-order valence-corrected chi connectivity index (χ1v) is 7.64. The highest BCUT2D eigenvalue weighted by molar-refractivity contribution is 5.73. The quantitative estimate of drug-likeness (QED) is 0.659. The fourth-order valence-electron chi connectivity index (χ4n) is 2.74. The number of rotatable bonds is 8. The van der Waals surface area contributed by atoms with Crippen LogP contribution in [0.25, 0.3) is 0 Å². The molecule has 1 aliphatic rings. The number of hydrogen-bond acceptors (Lipinski definition) is 3. The highest BCUT2D eigenvalue weighted by Gasteiger charge is 2.20. The molecular weight excluding hydrogens is 238 g/mol. The molecule has 0 aromatic rings. The molecule has 112 valence electrons. The number of amides is 1. The average Bonchev–Trinajstić information content (AvgIpc) is 2.36. The smallest absolute Gasteiger partial charge is 0.217 e. The van der Waals surface area contributed by atoms with Crippen LogP contribution in [0.2, 0.25) is 0 Å². The van der Waals surface area contributed by atoms with E-state index >= 15 is 0 Å². The Hall–Kier alpha value is -0.610. The molecule has 1 saturated heterocycles. The van der Waals surface area contributed by atoms with Crippen molar-refractivity contribution in [2.45, 2.75) is 52.4 Å². The zero-order chi connectivity index (χ0) is 14.3. The number of nitrogens with two attached hydrogens (primary N) is 2. The van der Waals surface area contributed by atoms with Crippen LogP contribution in [0.1, 0.15) is 52.4 Å². The Morgan fingerprint density at radius 2 is 1.89 bits per heavy atom. The number of hydrogen-bond donors (Lipinski definition) is 2. The zero-order valence-corrected chi connectivity index (χ0v) is 12.7. The molecule has 0 radical (unpaired) electrons. The summed E-state index contributed by atoms with van der Waals surface area (Å²) in [6.45, 7) is 8.68. The van der Waals surface area contributed by atoms with Crippen LogP contribution < -0.4 is 11.5 Å². The Morgan fingerprint density at radius 1 is 1.26 bits per heavy atom. The first-order valence-electron chi connectivity index (χ1n) is 7.64. The van der Waals surface area contributed by atoms with Gasteiger partial charge in [0.1, 0.15) is 0 Å². The molecule has 1 heterocycles. The number of primary amides is 1. The SMILES string of the molecule is CC(C)(CN)CCCCN1CCC(CC(N)=O)CC1. The summed E-state index contributed by atoms with van der Waals surface area (Å²) in [6.07, 6.45) is 6.53. The van der Waals surface area contributed by atoms with E-state index in [4.69, 9.17) is 11.5 Å². The van der Waals surface area contributed by atoms with Crippen LogP contribution >= 0.6 is 0 Å². The van der Waals surface area contributed by atoms with Gasteiger partial charge in [-0.15, -0.1) is 0 Å². The van der Waals surface area contributed by atoms with Gasteiger partial charge in [-0.25, -0.2) is 0 Å². The summed E-state index contributed by atoms with van der Waals surface area (Å²) in [4.78, 5) is 13.4. The Kier molecular flexibility index (Phi) is 6.80. The number of piperidine rings is 1. The van der Waals surface area contributed by atoms with E-state index in [1.54, 1.807) is 0 Å². The molecule has 0 atom stereocenters. The van der Waals surface area contributed by atoms with Crippen LogP contribution in [-0.2, 0) is 4.79 Å². The van der Waals surface area contributed by atoms with Crippen LogP contribution in [0.3, 0.4) is 0 Å². The third-order valence-corrected chi connectivity index (χ3v) is 4.33. The molecule has 4 N–H and O–H groups in total. The van der Waals surface area contributed by atoms with Crippen LogP contribution in [-0.4, -0.2) is 37.0 Å². The van der Waals surface area contributed by atoms with E-state index in [1.807, 2.05) is 0 Å². The van der Waals surface area contributed by atoms with Gasteiger partial charge in [-0.3, -0.25) is 4.79 Å². The lowest BCUT2D eigenvalue weighted by atomic mass is 9.87. The monoisotopic (exact) mass is 269 g/mol. The van der Waals surface area contributed by atoms with E-state index in [0.717, 1.165) is 32.5 Å². The van der Waals surface area contributed by atoms with Crippen molar-refractivity contribution in [1.29, 1.82) is 0 Å². The standard InChI is InChI=1S/C15H31N3O/c1-15(2,12-16)7-3-4-8-18-9-5-13(6-10-18)11-14(17)19/h13H,3-12,16H2,1-2H3,(H2,17,19). The van der Waals surface area contributed by atoms with Gasteiger partial charge in [-0.1, -0.05) is 20.3 Å². The maximum atomic E-state index is 10.9. The minimum Gasteiger partial charge on any atom is -0.370 e. The highest BCUT2D eigenvalue weighted by Crippen LogP contribution is 2.23. The number of unbranched alkanes of at least 4 members (excludes halogenated alkanes) is 1. The van der Waals surface area contributed by atoms with Crippen molar-refractivity contribution in [2.75, 3.05) is 26.2 Å². The van der Waals surface area contributed by atoms with Gasteiger partial charge in [0.05, 0.1) is 0 Å². The summed E-state index contributed by atoms with van der Waals surface area (Å²) in [5.74, 6) is 0.368. The van der Waals surface area contributed by atoms with Gasteiger partial charge in [0.2, 0.25) is 5.91 Å². The first-order chi connectivity index (χ1) is 8.93. The summed E-state index contributed by atoms with van der Waals surface area (Å²) < 4.78 is 0. The van der Waals surface area contributed by atoms with Crippen LogP contribution in [0.15, 0.2) is 0 Å². The van der Waals surface area contributed by atoms with Crippen LogP contribution in [0.4, 0.5) is 0 Å². The molecule has 19 heavy (non-hydrogen) atoms. The Bertz CT molecular complexity index is 271. The zero-order valence-electron chi connectivity index (χ0n) is 12.7. The molecule has 4 nitrogen and oxygen atoms in total. The molecular formula is C15H31N3O. The minimum absolute atomic E-state index is 0.150. The highest BCUT2D eigenvalue weighted by atomic mass is 16.1. The van der Waals surface area contributed by atoms with Crippen molar-refractivity contribution >= 4 is 5.91 Å². The number of likely N-dealkylation sites (tertiary alicyclic amines) is 1. The van der Waals surface area contributed by atoms with Crippen LogP contribution in [0.5, 0.6) is 0 Å². The summed E-state index contributed by atoms with van der Waals surface area (Å²) in [5.41, 5.74) is 11.3. The fraction of sp³-hybridized carbons (Fsp3) is 0.933. The predicted octanol–water partition coefficient (Wildman–Crippen LogP) is 1.73. The van der Waals surface area contributed by atoms with E-state index < -0.39 is 0 Å². The second-order valence-electron chi connectivity index (χ2n) is 6.78. The topological polar surface area (TPSA) is 72.3 Å². The number of carbonyl (C=O) groups excluding carboxylic acids is 1. The van der Waals surface area contributed by atoms with E-state index in [-0.39, 0.29) is 11.3 Å². The normalized spacial score (nSPS) is 18.7. The van der Waals surface area contributed by atoms with Crippen molar-refractivity contribution < 1.29 is 4.79 Å². The molecule has 1 aliphatic heterocycles. The van der Waals surface area contributed by atoms with Gasteiger partial charge in [-0.2, -0.15) is 0 Å². The summed E-state index contributed by atoms with van der Waals surface area (Å²) in [7, 11) is 0. The molecule has 4 heteroatoms. The lowest BCUT2D eigenvalue weighted by Gasteiger charge is -2.31. The van der Waals surface area contributed by atoms with E-state index in [2.05, 4.69) is 18.7 Å². The largest absolute Gasteiger partial charge is 0.370 e. The van der Waals surface area contributed by atoms with Crippen molar-refractivity contribution in [3.8, 4) is 0 Å². The van der Waals surface area contributed by atoms with Gasteiger partial charge >= 0.3 is 0 Å². The molecule has 0 unspecified atom stereocenters. The molecule has 0 aromatic heterocycles. The summed E-state index contributed by atoms with van der Waals surface area (Å²) >= 11 is 0. The molecule has 0 aromatic carbocycles. The van der Waals surface area contributed by atoms with Crippen molar-refractivity contribution in [2.24, 2.45) is 22.8 Å². The minimum atomic E-state index is -0.150. The van der Waals surface area contributed by atoms with E-state index in [9.17, 15) is 4.79 Å². The summed E-state index contributed by atoms with van der Waals surface area (Å²) in [5, 5.41) is 0. The van der Waals surface area contributed by atoms with Crippen molar-refractivity contribution in [3.05, 3.63) is 0 Å². The Morgan fingerprint density at radius 3 is 2.42 bits per heavy atom. The molecule has 1 amide bonds. The van der Waals surface area contributed by atoms with Gasteiger partial charge in [0.25, 0.3) is 0 Å². The molecule has 0 aliphatic carbocycles. The maximum absolute atomic E-state index is 10.9. The first kappa shape index (κ1) is 16.4. The number of carbonyl (C=O) groups is 1. The lowest BCUT2D eigenvalue weighted by molar-refractivity contribution is -0.119. The lowest BCUT2D eigenvalue weighted by Crippen LogP contribution is -2.35. The second kappa shape index (κ2) is 7.85. The van der Waals surface area contributed by atoms with Gasteiger partial charge in [0.15, 0.2) is 0 Å². The molecule has 1 rings (SSSR count). The van der Waals surface area contributed by atoms with Crippen molar-refractivity contribution in [1.82, 2.24) is 4.90 Å². The fourth-order valence-corrected chi connectivity index (χ4v) is 2.74. The molecule has 0 spiro atoms. The van der Waals surface area contributed by atoms with E-state index in [1.165, 1.54) is 25.8 Å².